The highest BCUT2D eigenvalue weighted by Gasteiger charge is 2.44. The normalized spacial score (nSPS) is 21.4. The van der Waals surface area contributed by atoms with Gasteiger partial charge in [0.15, 0.2) is 6.29 Å². The van der Waals surface area contributed by atoms with Crippen molar-refractivity contribution in [2.45, 2.75) is 230 Å². The minimum Gasteiger partial charge on any atom is -0.394 e. The molecular formula is C49H87NO8. The number of carbonyl (C=O) groups is 1. The zero-order valence-electron chi connectivity index (χ0n) is 36.8. The molecule has 1 saturated heterocycles. The lowest BCUT2D eigenvalue weighted by atomic mass is 9.99. The van der Waals surface area contributed by atoms with Gasteiger partial charge in [-0.25, -0.2) is 0 Å². The fraction of sp³-hybridized carbons (Fsp3) is 0.776. The maximum atomic E-state index is 13.0. The maximum absolute atomic E-state index is 13.0. The Hall–Kier alpha value is -2.11. The molecule has 0 aromatic heterocycles. The van der Waals surface area contributed by atoms with E-state index >= 15 is 0 Å². The molecule has 1 fully saturated rings. The number of amides is 1. The van der Waals surface area contributed by atoms with E-state index in [1.54, 1.807) is 6.08 Å². The van der Waals surface area contributed by atoms with Crippen LogP contribution < -0.4 is 5.32 Å². The summed E-state index contributed by atoms with van der Waals surface area (Å²) in [6.07, 6.45) is 44.0. The van der Waals surface area contributed by atoms with E-state index in [0.29, 0.717) is 6.42 Å². The Labute approximate surface area is 354 Å². The molecule has 0 aliphatic carbocycles. The predicted octanol–water partition coefficient (Wildman–Crippen LogP) is 10.0. The van der Waals surface area contributed by atoms with E-state index < -0.39 is 49.5 Å². The number of aliphatic hydroxyl groups excluding tert-OH is 5. The molecule has 58 heavy (non-hydrogen) atoms. The van der Waals surface area contributed by atoms with Gasteiger partial charge in [0.1, 0.15) is 24.4 Å². The van der Waals surface area contributed by atoms with Crippen LogP contribution in [0.15, 0.2) is 60.8 Å². The van der Waals surface area contributed by atoms with Gasteiger partial charge in [-0.3, -0.25) is 4.79 Å². The minimum atomic E-state index is -1.57. The van der Waals surface area contributed by atoms with Gasteiger partial charge in [-0.05, 0) is 57.8 Å². The van der Waals surface area contributed by atoms with Crippen molar-refractivity contribution in [3.05, 3.63) is 60.8 Å². The van der Waals surface area contributed by atoms with Gasteiger partial charge in [0.2, 0.25) is 5.91 Å². The molecule has 1 aliphatic rings. The number of nitrogens with one attached hydrogen (secondary N) is 1. The molecule has 1 rings (SSSR count). The third-order valence-corrected chi connectivity index (χ3v) is 10.8. The molecule has 7 atom stereocenters. The first-order valence-electron chi connectivity index (χ1n) is 23.5. The van der Waals surface area contributed by atoms with Gasteiger partial charge in [-0.1, -0.05) is 184 Å². The summed E-state index contributed by atoms with van der Waals surface area (Å²) < 4.78 is 11.2. The summed E-state index contributed by atoms with van der Waals surface area (Å²) in [7, 11) is 0. The van der Waals surface area contributed by atoms with Crippen molar-refractivity contribution in [3.63, 3.8) is 0 Å². The Kier molecular flexibility index (Phi) is 36.3. The molecule has 0 aromatic carbocycles. The number of carbonyl (C=O) groups excluding carboxylic acids is 1. The molecule has 0 radical (unpaired) electrons. The first kappa shape index (κ1) is 53.9. The van der Waals surface area contributed by atoms with E-state index in [1.165, 1.54) is 96.3 Å². The van der Waals surface area contributed by atoms with Crippen molar-refractivity contribution < 1.29 is 39.8 Å². The van der Waals surface area contributed by atoms with Gasteiger partial charge in [0, 0.05) is 6.42 Å². The van der Waals surface area contributed by atoms with Crippen LogP contribution in [-0.2, 0) is 14.3 Å². The van der Waals surface area contributed by atoms with E-state index in [-0.39, 0.29) is 12.5 Å². The monoisotopic (exact) mass is 818 g/mol. The smallest absolute Gasteiger partial charge is 0.220 e. The summed E-state index contributed by atoms with van der Waals surface area (Å²) >= 11 is 0. The second kappa shape index (κ2) is 39.1. The van der Waals surface area contributed by atoms with Crippen LogP contribution >= 0.6 is 0 Å². The predicted molar refractivity (Wildman–Crippen MR) is 239 cm³/mol. The van der Waals surface area contributed by atoms with Crippen LogP contribution in [0.2, 0.25) is 0 Å². The molecule has 0 spiro atoms. The van der Waals surface area contributed by atoms with Crippen molar-refractivity contribution in [1.29, 1.82) is 0 Å². The molecule has 9 heteroatoms. The second-order valence-electron chi connectivity index (χ2n) is 16.2. The third kappa shape index (κ3) is 29.2. The summed E-state index contributed by atoms with van der Waals surface area (Å²) in [5.74, 6) is -0.185. The Bertz CT molecular complexity index is 1090. The van der Waals surface area contributed by atoms with Crippen LogP contribution in [0.25, 0.3) is 0 Å². The third-order valence-electron chi connectivity index (χ3n) is 10.8. The van der Waals surface area contributed by atoms with E-state index in [1.807, 2.05) is 6.08 Å². The SMILES string of the molecule is CC/C=C\C/C=C\C/C=C\C/C=C\CCCCCCCCCCCCC(=O)NC(COC1OC(CO)C(O)C(O)C1O)C(O)/C=C/CCCCCCCCCCCC. The Balaban J connectivity index is 2.29. The molecule has 0 bridgehead atoms. The minimum absolute atomic E-state index is 0.185. The number of hydrogen-bond acceptors (Lipinski definition) is 8. The molecular weight excluding hydrogens is 731 g/mol. The van der Waals surface area contributed by atoms with Crippen LogP contribution in [0.1, 0.15) is 187 Å². The lowest BCUT2D eigenvalue weighted by Gasteiger charge is -2.40. The first-order chi connectivity index (χ1) is 28.3. The number of hydrogen-bond donors (Lipinski definition) is 6. The molecule has 1 amide bonds. The lowest BCUT2D eigenvalue weighted by molar-refractivity contribution is -0.302. The zero-order chi connectivity index (χ0) is 42.3. The summed E-state index contributed by atoms with van der Waals surface area (Å²) in [5.41, 5.74) is 0. The van der Waals surface area contributed by atoms with Crippen LogP contribution in [0.3, 0.4) is 0 Å². The summed E-state index contributed by atoms with van der Waals surface area (Å²) in [4.78, 5) is 13.0. The largest absolute Gasteiger partial charge is 0.394 e. The highest BCUT2D eigenvalue weighted by atomic mass is 16.7. The molecule has 336 valence electrons. The quantitative estimate of drug-likeness (QED) is 0.0267. The Morgan fingerprint density at radius 3 is 1.59 bits per heavy atom. The van der Waals surface area contributed by atoms with Gasteiger partial charge in [0.05, 0.1) is 25.4 Å². The number of rotatable bonds is 38. The zero-order valence-corrected chi connectivity index (χ0v) is 36.8. The average Bonchev–Trinajstić information content (AvgIpc) is 3.22. The van der Waals surface area contributed by atoms with E-state index in [2.05, 4.69) is 67.8 Å². The van der Waals surface area contributed by atoms with E-state index in [4.69, 9.17) is 9.47 Å². The van der Waals surface area contributed by atoms with Crippen molar-refractivity contribution in [2.24, 2.45) is 0 Å². The van der Waals surface area contributed by atoms with Crippen molar-refractivity contribution >= 4 is 5.91 Å². The van der Waals surface area contributed by atoms with Crippen LogP contribution in [-0.4, -0.2) is 87.5 Å². The maximum Gasteiger partial charge on any atom is 0.220 e. The fourth-order valence-corrected chi connectivity index (χ4v) is 7.09. The van der Waals surface area contributed by atoms with Gasteiger partial charge in [0.25, 0.3) is 0 Å². The van der Waals surface area contributed by atoms with Crippen LogP contribution in [0.5, 0.6) is 0 Å². The molecule has 1 heterocycles. The van der Waals surface area contributed by atoms with Crippen molar-refractivity contribution in [1.82, 2.24) is 5.32 Å². The number of ether oxygens (including phenoxy) is 2. The highest BCUT2D eigenvalue weighted by Crippen LogP contribution is 2.22. The molecule has 6 N–H and O–H groups in total. The fourth-order valence-electron chi connectivity index (χ4n) is 7.09. The van der Waals surface area contributed by atoms with Crippen molar-refractivity contribution in [3.8, 4) is 0 Å². The highest BCUT2D eigenvalue weighted by molar-refractivity contribution is 5.76. The molecule has 0 saturated carbocycles. The molecule has 9 nitrogen and oxygen atoms in total. The second-order valence-corrected chi connectivity index (χ2v) is 16.2. The van der Waals surface area contributed by atoms with Gasteiger partial charge < -0.3 is 40.3 Å². The summed E-state index contributed by atoms with van der Waals surface area (Å²) in [6, 6.07) is -0.808. The van der Waals surface area contributed by atoms with E-state index in [9.17, 15) is 30.3 Å². The van der Waals surface area contributed by atoms with Crippen LogP contribution in [0, 0.1) is 0 Å². The topological polar surface area (TPSA) is 149 Å². The molecule has 0 aromatic rings. The molecule has 7 unspecified atom stereocenters. The van der Waals surface area contributed by atoms with Crippen molar-refractivity contribution in [2.75, 3.05) is 13.2 Å². The average molecular weight is 818 g/mol. The van der Waals surface area contributed by atoms with E-state index in [0.717, 1.165) is 70.6 Å². The number of unbranched alkanes of at least 4 members (excludes halogenated alkanes) is 20. The number of aliphatic hydroxyl groups is 5. The van der Waals surface area contributed by atoms with Crippen LogP contribution in [0.4, 0.5) is 0 Å². The lowest BCUT2D eigenvalue weighted by Crippen LogP contribution is -2.60. The van der Waals surface area contributed by atoms with Gasteiger partial charge >= 0.3 is 0 Å². The Morgan fingerprint density at radius 2 is 1.07 bits per heavy atom. The summed E-state index contributed by atoms with van der Waals surface area (Å²) in [5, 5.41) is 54.2. The summed E-state index contributed by atoms with van der Waals surface area (Å²) in [6.45, 7) is 3.64. The Morgan fingerprint density at radius 1 is 0.603 bits per heavy atom. The number of allylic oxidation sites excluding steroid dienone is 9. The standard InChI is InChI=1S/C49H87NO8/c1-3-5-7-9-11-13-15-17-18-19-20-21-22-23-24-25-26-27-29-31-33-35-37-39-45(53)50-42(41-57-49-48(56)47(55)46(54)44(40-51)58-49)43(52)38-36-34-32-30-28-16-14-12-10-8-6-4-2/h5,7,11,13,17-18,20-21,36,38,42-44,46-49,51-52,54-56H,3-4,6,8-10,12,14-16,19,22-35,37,39-41H2,1-2H3,(H,50,53)/b7-5-,13-11-,18-17-,21-20-,38-36+. The van der Waals surface area contributed by atoms with Gasteiger partial charge in [-0.15, -0.1) is 0 Å². The first-order valence-corrected chi connectivity index (χ1v) is 23.5. The van der Waals surface area contributed by atoms with Gasteiger partial charge in [-0.2, -0.15) is 0 Å². The molecule has 1 aliphatic heterocycles.